The fourth-order valence-electron chi connectivity index (χ4n) is 2.95. The molecule has 2 aromatic carbocycles. The number of amides is 2. The highest BCUT2D eigenvalue weighted by Gasteiger charge is 2.50. The van der Waals surface area contributed by atoms with E-state index in [2.05, 4.69) is 5.32 Å². The van der Waals surface area contributed by atoms with Crippen LogP contribution in [0.4, 0.5) is 24.5 Å². The number of hydrogen-bond acceptors (Lipinski definition) is 4. The molecular formula is C21H17F3N4O2S. The summed E-state index contributed by atoms with van der Waals surface area (Å²) in [5.74, 6) is -2.35. The van der Waals surface area contributed by atoms with Gasteiger partial charge in [-0.3, -0.25) is 14.5 Å². The van der Waals surface area contributed by atoms with Gasteiger partial charge in [-0.2, -0.15) is 18.4 Å². The van der Waals surface area contributed by atoms with Gasteiger partial charge in [0.1, 0.15) is 5.54 Å². The molecule has 31 heavy (non-hydrogen) atoms. The number of hydrogen-bond donors (Lipinski definition) is 1. The van der Waals surface area contributed by atoms with Crippen molar-refractivity contribution in [1.29, 1.82) is 5.26 Å². The van der Waals surface area contributed by atoms with Gasteiger partial charge in [-0.1, -0.05) is 0 Å². The smallest absolute Gasteiger partial charge is 0.355 e. The highest BCUT2D eigenvalue weighted by atomic mass is 32.1. The maximum Gasteiger partial charge on any atom is 0.417 e. The molecule has 0 atom stereocenters. The molecule has 1 heterocycles. The maximum atomic E-state index is 13.8. The zero-order valence-electron chi connectivity index (χ0n) is 22.7. The van der Waals surface area contributed by atoms with E-state index in [4.69, 9.17) is 27.1 Å². The Labute approximate surface area is 191 Å². The SMILES string of the molecule is [2H]c1cc(N2C(=S)N(c3ccc(C#N)c(C(F)(F)F)c3)C(=O)C2(C([2H])([2H])[2H])C([2H])([2H])[2H])ccc1C(=O)NC. The fourth-order valence-corrected chi connectivity index (χ4v) is 3.39. The van der Waals surface area contributed by atoms with Crippen LogP contribution in [-0.4, -0.2) is 29.5 Å². The van der Waals surface area contributed by atoms with Crippen molar-refractivity contribution in [1.82, 2.24) is 5.32 Å². The van der Waals surface area contributed by atoms with Gasteiger partial charge in [0.25, 0.3) is 11.8 Å². The van der Waals surface area contributed by atoms with Crippen molar-refractivity contribution < 1.29 is 32.4 Å². The van der Waals surface area contributed by atoms with E-state index < -0.39 is 65.2 Å². The number of nitriles is 1. The zero-order chi connectivity index (χ0) is 29.0. The average molecular weight is 453 g/mol. The van der Waals surface area contributed by atoms with E-state index >= 15 is 0 Å². The van der Waals surface area contributed by atoms with E-state index in [0.29, 0.717) is 15.9 Å². The monoisotopic (exact) mass is 453 g/mol. The lowest BCUT2D eigenvalue weighted by atomic mass is 10.0. The summed E-state index contributed by atoms with van der Waals surface area (Å²) in [5.41, 5.74) is -6.83. The molecule has 1 N–H and O–H groups in total. The highest BCUT2D eigenvalue weighted by Crippen LogP contribution is 2.39. The van der Waals surface area contributed by atoms with Gasteiger partial charge in [0.15, 0.2) is 5.11 Å². The van der Waals surface area contributed by atoms with Crippen LogP contribution in [0.25, 0.3) is 0 Å². The van der Waals surface area contributed by atoms with Crippen molar-refractivity contribution in [2.75, 3.05) is 16.8 Å². The predicted octanol–water partition coefficient (Wildman–Crippen LogP) is 3.85. The van der Waals surface area contributed by atoms with E-state index in [9.17, 15) is 22.8 Å². The number of benzene rings is 2. The van der Waals surface area contributed by atoms with E-state index in [-0.39, 0.29) is 11.3 Å². The van der Waals surface area contributed by atoms with Crippen LogP contribution in [0.3, 0.4) is 0 Å². The summed E-state index contributed by atoms with van der Waals surface area (Å²) in [4.78, 5) is 26.6. The van der Waals surface area contributed by atoms with E-state index in [1.807, 2.05) is 0 Å². The van der Waals surface area contributed by atoms with Crippen LogP contribution >= 0.6 is 12.2 Å². The molecule has 1 fully saturated rings. The molecule has 10 heteroatoms. The molecule has 1 saturated heterocycles. The molecule has 0 unspecified atom stereocenters. The third-order valence-corrected chi connectivity index (χ3v) is 4.81. The number of thiocarbonyl (C=S) groups is 1. The average Bonchev–Trinajstić information content (AvgIpc) is 3.04. The minimum Gasteiger partial charge on any atom is -0.355 e. The van der Waals surface area contributed by atoms with E-state index in [1.165, 1.54) is 13.1 Å². The van der Waals surface area contributed by atoms with Gasteiger partial charge in [-0.05, 0) is 68.4 Å². The third kappa shape index (κ3) is 3.72. The van der Waals surface area contributed by atoms with Gasteiger partial charge < -0.3 is 10.2 Å². The lowest BCUT2D eigenvalue weighted by Crippen LogP contribution is -2.44. The van der Waals surface area contributed by atoms with Crippen LogP contribution in [0.5, 0.6) is 0 Å². The lowest BCUT2D eigenvalue weighted by molar-refractivity contribution is -0.137. The van der Waals surface area contributed by atoms with Crippen molar-refractivity contribution in [2.45, 2.75) is 25.4 Å². The van der Waals surface area contributed by atoms with Crippen molar-refractivity contribution >= 4 is 40.5 Å². The molecular weight excluding hydrogens is 429 g/mol. The molecule has 0 aliphatic carbocycles. The van der Waals surface area contributed by atoms with Gasteiger partial charge in [0.2, 0.25) is 0 Å². The molecule has 0 saturated carbocycles. The number of alkyl halides is 3. The molecule has 0 bridgehead atoms. The molecule has 0 radical (unpaired) electrons. The number of halogens is 3. The zero-order valence-corrected chi connectivity index (χ0v) is 16.5. The van der Waals surface area contributed by atoms with Crippen LogP contribution in [-0.2, 0) is 11.0 Å². The Morgan fingerprint density at radius 1 is 1.26 bits per heavy atom. The summed E-state index contributed by atoms with van der Waals surface area (Å²) in [6.07, 6.45) is -5.05. The van der Waals surface area contributed by atoms with Gasteiger partial charge in [-0.15, -0.1) is 0 Å². The summed E-state index contributed by atoms with van der Waals surface area (Å²) in [6, 6.07) is 5.99. The van der Waals surface area contributed by atoms with Crippen LogP contribution < -0.4 is 15.1 Å². The predicted molar refractivity (Wildman–Crippen MR) is 113 cm³/mol. The summed E-state index contributed by atoms with van der Waals surface area (Å²) >= 11 is 5.28. The molecule has 2 amide bonds. The Morgan fingerprint density at radius 2 is 1.94 bits per heavy atom. The topological polar surface area (TPSA) is 76.4 Å². The Bertz CT molecular complexity index is 1370. The van der Waals surface area contributed by atoms with Crippen LogP contribution in [0.2, 0.25) is 0 Å². The summed E-state index contributed by atoms with van der Waals surface area (Å²) in [7, 11) is 1.29. The molecule has 0 spiro atoms. The minimum absolute atomic E-state index is 0.167. The molecule has 6 nitrogen and oxygen atoms in total. The van der Waals surface area contributed by atoms with Gasteiger partial charge >= 0.3 is 6.18 Å². The second kappa shape index (κ2) is 7.67. The van der Waals surface area contributed by atoms with Crippen LogP contribution in [0.1, 0.15) is 44.8 Å². The molecule has 160 valence electrons. The Hall–Kier alpha value is -3.45. The van der Waals surface area contributed by atoms with Crippen LogP contribution in [0, 0.1) is 11.3 Å². The molecule has 1 aliphatic rings. The summed E-state index contributed by atoms with van der Waals surface area (Å²) in [5, 5.41) is 10.6. The molecule has 2 aromatic rings. The standard InChI is InChI=1S/C21H17F3N4O2S/c1-20(2)18(30)27(15-9-6-13(11-25)16(10-15)21(22,23)24)19(31)28(20)14-7-4-12(5-8-14)17(29)26-3/h4-10H,1-3H3,(H,26,29)/i1D3,2D3,4D. The van der Waals surface area contributed by atoms with Gasteiger partial charge in [0, 0.05) is 26.5 Å². The Morgan fingerprint density at radius 3 is 2.48 bits per heavy atom. The largest absolute Gasteiger partial charge is 0.417 e. The summed E-state index contributed by atoms with van der Waals surface area (Å²) in [6.45, 7) is -7.26. The highest BCUT2D eigenvalue weighted by molar-refractivity contribution is 7.81. The number of anilines is 2. The second-order valence-corrected chi connectivity index (χ2v) is 6.71. The quantitative estimate of drug-likeness (QED) is 0.715. The number of nitrogens with one attached hydrogen (secondary N) is 1. The number of rotatable bonds is 3. The Balaban J connectivity index is 2.37. The molecule has 1 aliphatic heterocycles. The number of nitrogens with zero attached hydrogens (tertiary/aromatic N) is 3. The van der Waals surface area contributed by atoms with Crippen molar-refractivity contribution in [3.8, 4) is 6.07 Å². The first-order chi connectivity index (χ1) is 17.3. The van der Waals surface area contributed by atoms with Crippen molar-refractivity contribution in [2.24, 2.45) is 0 Å². The van der Waals surface area contributed by atoms with Crippen molar-refractivity contribution in [3.63, 3.8) is 0 Å². The third-order valence-electron chi connectivity index (χ3n) is 4.44. The first-order valence-corrected chi connectivity index (χ1v) is 8.88. The Kier molecular flexibility index (Phi) is 3.59. The minimum atomic E-state index is -5.05. The first-order valence-electron chi connectivity index (χ1n) is 12.0. The number of carbonyl (C=O) groups excluding carboxylic acids is 2. The van der Waals surface area contributed by atoms with Crippen molar-refractivity contribution in [3.05, 3.63) is 59.1 Å². The maximum absolute atomic E-state index is 13.8. The first kappa shape index (κ1) is 14.5. The van der Waals surface area contributed by atoms with Crippen LogP contribution in [0.15, 0.2) is 42.4 Å². The summed E-state index contributed by atoms with van der Waals surface area (Å²) < 4.78 is 97.5. The normalized spacial score (nSPS) is 19.9. The fraction of sp³-hybridized carbons (Fsp3) is 0.238. The molecule has 0 aromatic heterocycles. The lowest BCUT2D eigenvalue weighted by Gasteiger charge is -2.29. The van der Waals surface area contributed by atoms with E-state index in [0.717, 1.165) is 30.3 Å². The van der Waals surface area contributed by atoms with Gasteiger partial charge in [0.05, 0.1) is 24.3 Å². The second-order valence-electron chi connectivity index (χ2n) is 6.35. The number of carbonyl (C=O) groups is 2. The van der Waals surface area contributed by atoms with Gasteiger partial charge in [-0.25, -0.2) is 0 Å². The van der Waals surface area contributed by atoms with E-state index in [1.54, 1.807) is 0 Å². The molecule has 3 rings (SSSR count).